The van der Waals surface area contributed by atoms with Crippen LogP contribution in [0.5, 0.6) is 0 Å². The van der Waals surface area contributed by atoms with Gasteiger partial charge in [0.05, 0.1) is 6.10 Å². The smallest absolute Gasteiger partial charge is 0.223 e. The summed E-state index contributed by atoms with van der Waals surface area (Å²) in [6, 6.07) is 0. The molecule has 0 bridgehead atoms. The minimum absolute atomic E-state index is 0.131. The molecule has 16 heavy (non-hydrogen) atoms. The first-order valence-electron chi connectivity index (χ1n) is 6.46. The predicted octanol–water partition coefficient (Wildman–Crippen LogP) is 1.95. The lowest BCUT2D eigenvalue weighted by atomic mass is 9.82. The molecule has 1 saturated carbocycles. The Hall–Kier alpha value is -0.570. The van der Waals surface area contributed by atoms with Gasteiger partial charge in [-0.1, -0.05) is 20.8 Å². The van der Waals surface area contributed by atoms with E-state index in [1.54, 1.807) is 0 Å². The Bertz CT molecular complexity index is 220. The zero-order valence-electron chi connectivity index (χ0n) is 10.7. The molecule has 3 nitrogen and oxygen atoms in total. The molecule has 1 atom stereocenters. The van der Waals surface area contributed by atoms with Crippen LogP contribution in [0, 0.1) is 17.8 Å². The summed E-state index contributed by atoms with van der Waals surface area (Å²) < 4.78 is 0. The predicted molar refractivity (Wildman–Crippen MR) is 65.0 cm³/mol. The van der Waals surface area contributed by atoms with Crippen LogP contribution >= 0.6 is 0 Å². The highest BCUT2D eigenvalue weighted by atomic mass is 16.3. The largest absolute Gasteiger partial charge is 0.391 e. The van der Waals surface area contributed by atoms with Crippen molar-refractivity contribution in [1.29, 1.82) is 0 Å². The Morgan fingerprint density at radius 1 is 1.31 bits per heavy atom. The van der Waals surface area contributed by atoms with Crippen LogP contribution in [0.3, 0.4) is 0 Å². The number of aliphatic hydroxyl groups is 1. The molecule has 1 fully saturated rings. The van der Waals surface area contributed by atoms with E-state index >= 15 is 0 Å². The van der Waals surface area contributed by atoms with Gasteiger partial charge in [0.2, 0.25) is 5.91 Å². The van der Waals surface area contributed by atoms with Crippen molar-refractivity contribution in [2.24, 2.45) is 17.8 Å². The first kappa shape index (κ1) is 13.5. The Morgan fingerprint density at radius 2 is 1.88 bits per heavy atom. The minimum Gasteiger partial charge on any atom is -0.391 e. The van der Waals surface area contributed by atoms with Gasteiger partial charge in [-0.05, 0) is 37.5 Å². The maximum Gasteiger partial charge on any atom is 0.223 e. The average molecular weight is 227 g/mol. The van der Waals surface area contributed by atoms with Gasteiger partial charge in [-0.15, -0.1) is 0 Å². The number of hydrogen-bond donors (Lipinski definition) is 2. The first-order valence-corrected chi connectivity index (χ1v) is 6.46. The number of carbonyl (C=O) groups is 1. The molecule has 1 amide bonds. The van der Waals surface area contributed by atoms with Gasteiger partial charge in [0.15, 0.2) is 0 Å². The van der Waals surface area contributed by atoms with E-state index in [1.807, 2.05) is 13.8 Å². The summed E-state index contributed by atoms with van der Waals surface area (Å²) in [6.45, 7) is 6.55. The highest BCUT2D eigenvalue weighted by molar-refractivity contribution is 5.78. The number of nitrogens with one attached hydrogen (secondary N) is 1. The van der Waals surface area contributed by atoms with Crippen molar-refractivity contribution >= 4 is 5.91 Å². The van der Waals surface area contributed by atoms with Crippen LogP contribution in [0.1, 0.15) is 46.5 Å². The van der Waals surface area contributed by atoms with E-state index in [9.17, 15) is 9.90 Å². The van der Waals surface area contributed by atoms with Crippen LogP contribution in [-0.4, -0.2) is 23.7 Å². The number of rotatable bonds is 4. The fourth-order valence-corrected chi connectivity index (χ4v) is 2.11. The lowest BCUT2D eigenvalue weighted by Gasteiger charge is -2.26. The average Bonchev–Trinajstić information content (AvgIpc) is 2.26. The van der Waals surface area contributed by atoms with Crippen molar-refractivity contribution in [3.05, 3.63) is 0 Å². The fraction of sp³-hybridized carbons (Fsp3) is 0.923. The first-order chi connectivity index (χ1) is 7.50. The molecule has 3 heteroatoms. The summed E-state index contributed by atoms with van der Waals surface area (Å²) in [5, 5.41) is 12.5. The fourth-order valence-electron chi connectivity index (χ4n) is 2.11. The van der Waals surface area contributed by atoms with Crippen molar-refractivity contribution in [3.8, 4) is 0 Å². The summed E-state index contributed by atoms with van der Waals surface area (Å²) in [5.41, 5.74) is 0. The third-order valence-corrected chi connectivity index (χ3v) is 3.64. The summed E-state index contributed by atoms with van der Waals surface area (Å²) in [5.74, 6) is 1.28. The summed E-state index contributed by atoms with van der Waals surface area (Å²) in [7, 11) is 0. The molecule has 0 spiro atoms. The maximum absolute atomic E-state index is 11.8. The molecule has 0 heterocycles. The second-order valence-electron chi connectivity index (χ2n) is 5.51. The molecule has 1 unspecified atom stereocenters. The van der Waals surface area contributed by atoms with Gasteiger partial charge in [-0.3, -0.25) is 4.79 Å². The molecule has 0 aromatic rings. The van der Waals surface area contributed by atoms with Gasteiger partial charge in [-0.2, -0.15) is 0 Å². The normalized spacial score (nSPS) is 27.8. The van der Waals surface area contributed by atoms with Crippen LogP contribution in [0.4, 0.5) is 0 Å². The Balaban J connectivity index is 2.25. The maximum atomic E-state index is 11.8. The van der Waals surface area contributed by atoms with E-state index in [1.165, 1.54) is 0 Å². The van der Waals surface area contributed by atoms with E-state index in [0.29, 0.717) is 6.54 Å². The van der Waals surface area contributed by atoms with Gasteiger partial charge in [0.25, 0.3) is 0 Å². The SMILES string of the molecule is CC1CCC(C(=O)NCC(O)C(C)C)CC1. The van der Waals surface area contributed by atoms with Crippen LogP contribution in [0.25, 0.3) is 0 Å². The van der Waals surface area contributed by atoms with Crippen LogP contribution < -0.4 is 5.32 Å². The van der Waals surface area contributed by atoms with E-state index in [2.05, 4.69) is 12.2 Å². The molecule has 0 aromatic heterocycles. The molecule has 94 valence electrons. The van der Waals surface area contributed by atoms with Gasteiger partial charge in [0, 0.05) is 12.5 Å². The zero-order valence-corrected chi connectivity index (χ0v) is 10.7. The van der Waals surface area contributed by atoms with Crippen LogP contribution in [0.15, 0.2) is 0 Å². The molecular weight excluding hydrogens is 202 g/mol. The van der Waals surface area contributed by atoms with Crippen molar-refractivity contribution in [1.82, 2.24) is 5.32 Å². The molecule has 0 aliphatic heterocycles. The highest BCUT2D eigenvalue weighted by Crippen LogP contribution is 2.28. The van der Waals surface area contributed by atoms with Gasteiger partial charge >= 0.3 is 0 Å². The third kappa shape index (κ3) is 4.12. The van der Waals surface area contributed by atoms with Crippen molar-refractivity contribution in [3.63, 3.8) is 0 Å². The Morgan fingerprint density at radius 3 is 2.38 bits per heavy atom. The molecule has 2 N–H and O–H groups in total. The molecular formula is C13H25NO2. The van der Waals surface area contributed by atoms with E-state index < -0.39 is 6.10 Å². The van der Waals surface area contributed by atoms with Crippen molar-refractivity contribution in [2.75, 3.05) is 6.54 Å². The van der Waals surface area contributed by atoms with Crippen molar-refractivity contribution < 1.29 is 9.90 Å². The second kappa shape index (κ2) is 6.24. The van der Waals surface area contributed by atoms with E-state index in [0.717, 1.165) is 31.6 Å². The highest BCUT2D eigenvalue weighted by Gasteiger charge is 2.24. The van der Waals surface area contributed by atoms with Gasteiger partial charge in [-0.25, -0.2) is 0 Å². The van der Waals surface area contributed by atoms with E-state index in [4.69, 9.17) is 0 Å². The van der Waals surface area contributed by atoms with Gasteiger partial charge in [0.1, 0.15) is 0 Å². The zero-order chi connectivity index (χ0) is 12.1. The van der Waals surface area contributed by atoms with Crippen molar-refractivity contribution in [2.45, 2.75) is 52.6 Å². The number of amides is 1. The lowest BCUT2D eigenvalue weighted by molar-refractivity contribution is -0.126. The number of aliphatic hydroxyl groups excluding tert-OH is 1. The molecule has 0 saturated heterocycles. The second-order valence-corrected chi connectivity index (χ2v) is 5.51. The molecule has 0 aromatic carbocycles. The lowest BCUT2D eigenvalue weighted by Crippen LogP contribution is -2.39. The van der Waals surface area contributed by atoms with Crippen LogP contribution in [-0.2, 0) is 4.79 Å². The standard InChI is InChI=1S/C13H25NO2/c1-9(2)12(15)8-14-13(16)11-6-4-10(3)5-7-11/h9-12,15H,4-8H2,1-3H3,(H,14,16). The number of hydrogen-bond acceptors (Lipinski definition) is 2. The molecule has 1 aliphatic rings. The molecule has 1 rings (SSSR count). The Labute approximate surface area is 98.6 Å². The Kier molecular flexibility index (Phi) is 5.26. The summed E-state index contributed by atoms with van der Waals surface area (Å²) in [4.78, 5) is 11.8. The van der Waals surface area contributed by atoms with E-state index in [-0.39, 0.29) is 17.7 Å². The molecule has 1 aliphatic carbocycles. The van der Waals surface area contributed by atoms with Crippen LogP contribution in [0.2, 0.25) is 0 Å². The van der Waals surface area contributed by atoms with Gasteiger partial charge < -0.3 is 10.4 Å². The summed E-state index contributed by atoms with van der Waals surface area (Å²) in [6.07, 6.45) is 3.90. The number of carbonyl (C=O) groups excluding carboxylic acids is 1. The summed E-state index contributed by atoms with van der Waals surface area (Å²) >= 11 is 0. The topological polar surface area (TPSA) is 49.3 Å². The monoisotopic (exact) mass is 227 g/mol. The third-order valence-electron chi connectivity index (χ3n) is 3.64. The minimum atomic E-state index is -0.425. The molecule has 0 radical (unpaired) electrons. The quantitative estimate of drug-likeness (QED) is 0.771.